The summed E-state index contributed by atoms with van der Waals surface area (Å²) in [5, 5.41) is 10.4. The van der Waals surface area contributed by atoms with Gasteiger partial charge in [-0.25, -0.2) is 0 Å². The van der Waals surface area contributed by atoms with E-state index in [0.29, 0.717) is 11.8 Å². The number of piperidine rings is 1. The Bertz CT molecular complexity index is 707. The van der Waals surface area contributed by atoms with E-state index >= 15 is 0 Å². The fraction of sp³-hybridized carbons (Fsp3) is 0.500. The Morgan fingerprint density at radius 3 is 2.62 bits per heavy atom. The van der Waals surface area contributed by atoms with Gasteiger partial charge in [0.25, 0.3) is 0 Å². The molecular weight excluding hydrogens is 302 g/mol. The Hall–Kier alpha value is -1.94. The lowest BCUT2D eigenvalue weighted by Crippen LogP contribution is -2.49. The van der Waals surface area contributed by atoms with Gasteiger partial charge < -0.3 is 14.6 Å². The topological polar surface area (TPSA) is 41.9 Å². The van der Waals surface area contributed by atoms with Crippen molar-refractivity contribution in [3.8, 4) is 11.5 Å². The van der Waals surface area contributed by atoms with Crippen LogP contribution in [0.1, 0.15) is 30.9 Å². The monoisotopic (exact) mass is 329 g/mol. The Labute approximate surface area is 144 Å². The van der Waals surface area contributed by atoms with E-state index in [9.17, 15) is 5.11 Å². The first-order chi connectivity index (χ1) is 11.4. The van der Waals surface area contributed by atoms with Crippen molar-refractivity contribution < 1.29 is 14.6 Å². The molecule has 4 heteroatoms. The van der Waals surface area contributed by atoms with Crippen LogP contribution < -0.4 is 4.74 Å². The lowest BCUT2D eigenvalue weighted by molar-refractivity contribution is 0.166. The van der Waals surface area contributed by atoms with Crippen molar-refractivity contribution in [2.45, 2.75) is 38.1 Å². The first kappa shape index (κ1) is 16.9. The molecule has 2 aliphatic rings. The fourth-order valence-corrected chi connectivity index (χ4v) is 4.34. The van der Waals surface area contributed by atoms with E-state index < -0.39 is 0 Å². The number of nitrogens with zero attached hydrogens (tertiary/aromatic N) is 1. The van der Waals surface area contributed by atoms with Crippen LogP contribution in [-0.2, 0) is 10.2 Å². The van der Waals surface area contributed by atoms with Crippen LogP contribution in [0.4, 0.5) is 0 Å². The molecule has 1 saturated heterocycles. The van der Waals surface area contributed by atoms with E-state index in [0.717, 1.165) is 36.3 Å². The average molecular weight is 329 g/mol. The standard InChI is InChI=1S/C20H27NO3/c1-13-6-9-17(22)19(24-5)18(13)20-10-11-21(3)14(2)16(20)8-7-15(12-20)23-4/h6-9,14,22H,10-12H2,1-5H3. The van der Waals surface area contributed by atoms with E-state index in [4.69, 9.17) is 9.47 Å². The predicted octanol–water partition coefficient (Wildman–Crippen LogP) is 3.53. The van der Waals surface area contributed by atoms with Crippen LogP contribution in [0.3, 0.4) is 0 Å². The van der Waals surface area contributed by atoms with Crippen LogP contribution >= 0.6 is 0 Å². The molecule has 24 heavy (non-hydrogen) atoms. The quantitative estimate of drug-likeness (QED) is 0.921. The summed E-state index contributed by atoms with van der Waals surface area (Å²) < 4.78 is 11.2. The lowest BCUT2D eigenvalue weighted by Gasteiger charge is -2.49. The van der Waals surface area contributed by atoms with E-state index in [2.05, 4.69) is 37.9 Å². The molecule has 0 aromatic heterocycles. The minimum absolute atomic E-state index is 0.194. The highest BCUT2D eigenvalue weighted by Crippen LogP contribution is 2.53. The molecule has 1 aromatic carbocycles. The van der Waals surface area contributed by atoms with Gasteiger partial charge in [0.05, 0.1) is 20.0 Å². The summed E-state index contributed by atoms with van der Waals surface area (Å²) in [6.45, 7) is 5.33. The SMILES string of the molecule is COC1=CC=C2C(C)N(C)CCC2(c2c(C)ccc(O)c2OC)C1. The van der Waals surface area contributed by atoms with Gasteiger partial charge in [0.2, 0.25) is 0 Å². The zero-order valence-electron chi connectivity index (χ0n) is 15.2. The number of aromatic hydroxyl groups is 1. The Morgan fingerprint density at radius 1 is 1.21 bits per heavy atom. The summed E-state index contributed by atoms with van der Waals surface area (Å²) >= 11 is 0. The molecule has 2 atom stereocenters. The lowest BCUT2D eigenvalue weighted by atomic mass is 9.62. The van der Waals surface area contributed by atoms with Crippen molar-refractivity contribution in [2.24, 2.45) is 0 Å². The number of likely N-dealkylation sites (tertiary alicyclic amines) is 1. The zero-order valence-corrected chi connectivity index (χ0v) is 15.2. The van der Waals surface area contributed by atoms with Crippen molar-refractivity contribution in [3.63, 3.8) is 0 Å². The molecule has 0 spiro atoms. The van der Waals surface area contributed by atoms with Crippen LogP contribution in [0.25, 0.3) is 0 Å². The molecule has 1 aliphatic heterocycles. The number of hydrogen-bond donors (Lipinski definition) is 1. The number of allylic oxidation sites excluding steroid dienone is 3. The molecular formula is C20H27NO3. The van der Waals surface area contributed by atoms with Crippen molar-refractivity contribution in [2.75, 3.05) is 27.8 Å². The number of fused-ring (bicyclic) bond motifs is 1. The van der Waals surface area contributed by atoms with Gasteiger partial charge in [-0.2, -0.15) is 0 Å². The molecule has 2 unspecified atom stereocenters. The number of hydrogen-bond acceptors (Lipinski definition) is 4. The molecule has 0 bridgehead atoms. The average Bonchev–Trinajstić information content (AvgIpc) is 2.59. The number of rotatable bonds is 3. The smallest absolute Gasteiger partial charge is 0.164 e. The normalized spacial score (nSPS) is 27.1. The van der Waals surface area contributed by atoms with Crippen LogP contribution in [0, 0.1) is 6.92 Å². The maximum Gasteiger partial charge on any atom is 0.164 e. The summed E-state index contributed by atoms with van der Waals surface area (Å²) in [5.74, 6) is 1.77. The van der Waals surface area contributed by atoms with E-state index in [1.165, 1.54) is 5.57 Å². The van der Waals surface area contributed by atoms with E-state index in [1.807, 2.05) is 6.07 Å². The largest absolute Gasteiger partial charge is 0.504 e. The molecule has 1 fully saturated rings. The van der Waals surface area contributed by atoms with E-state index in [1.54, 1.807) is 20.3 Å². The molecule has 130 valence electrons. The van der Waals surface area contributed by atoms with Crippen molar-refractivity contribution in [1.82, 2.24) is 4.90 Å². The summed E-state index contributed by atoms with van der Waals surface area (Å²) in [4.78, 5) is 2.38. The third-order valence-corrected chi connectivity index (χ3v) is 5.77. The van der Waals surface area contributed by atoms with Gasteiger partial charge in [0.15, 0.2) is 11.5 Å². The van der Waals surface area contributed by atoms with Crippen molar-refractivity contribution >= 4 is 0 Å². The summed E-state index contributed by atoms with van der Waals surface area (Å²) in [6.07, 6.45) is 6.05. The predicted molar refractivity (Wildman–Crippen MR) is 95.6 cm³/mol. The van der Waals surface area contributed by atoms with Crippen LogP contribution in [0.5, 0.6) is 11.5 Å². The summed E-state index contributed by atoms with van der Waals surface area (Å²) in [5.41, 5.74) is 3.41. The number of phenolic OH excluding ortho intramolecular Hbond substituents is 1. The zero-order chi connectivity index (χ0) is 17.5. The Balaban J connectivity index is 2.26. The highest BCUT2D eigenvalue weighted by atomic mass is 16.5. The molecule has 3 rings (SSSR count). The molecule has 0 amide bonds. The van der Waals surface area contributed by atoms with Gasteiger partial charge in [-0.1, -0.05) is 12.1 Å². The second-order valence-corrected chi connectivity index (χ2v) is 6.93. The van der Waals surface area contributed by atoms with Crippen LogP contribution in [0.2, 0.25) is 0 Å². The molecule has 1 aromatic rings. The number of methoxy groups -OCH3 is 2. The molecule has 4 nitrogen and oxygen atoms in total. The number of phenols is 1. The molecule has 0 saturated carbocycles. The number of aryl methyl sites for hydroxylation is 1. The van der Waals surface area contributed by atoms with Crippen LogP contribution in [-0.4, -0.2) is 43.9 Å². The van der Waals surface area contributed by atoms with Crippen molar-refractivity contribution in [1.29, 1.82) is 0 Å². The maximum absolute atomic E-state index is 10.4. The third-order valence-electron chi connectivity index (χ3n) is 5.77. The molecule has 1 N–H and O–H groups in total. The number of ether oxygens (including phenoxy) is 2. The first-order valence-electron chi connectivity index (χ1n) is 8.47. The molecule has 0 radical (unpaired) electrons. The van der Waals surface area contributed by atoms with Gasteiger partial charge in [0, 0.05) is 23.4 Å². The number of benzene rings is 1. The van der Waals surface area contributed by atoms with Crippen molar-refractivity contribution in [3.05, 3.63) is 46.7 Å². The van der Waals surface area contributed by atoms with Gasteiger partial charge in [-0.05, 0) is 57.1 Å². The minimum Gasteiger partial charge on any atom is -0.504 e. The fourth-order valence-electron chi connectivity index (χ4n) is 4.34. The minimum atomic E-state index is -0.194. The van der Waals surface area contributed by atoms with E-state index in [-0.39, 0.29) is 11.2 Å². The van der Waals surface area contributed by atoms with Gasteiger partial charge in [-0.15, -0.1) is 0 Å². The van der Waals surface area contributed by atoms with Gasteiger partial charge >= 0.3 is 0 Å². The maximum atomic E-state index is 10.4. The second kappa shape index (κ2) is 6.17. The van der Waals surface area contributed by atoms with Gasteiger partial charge in [0.1, 0.15) is 0 Å². The Kier molecular flexibility index (Phi) is 4.35. The van der Waals surface area contributed by atoms with Crippen LogP contribution in [0.15, 0.2) is 35.6 Å². The first-order valence-corrected chi connectivity index (χ1v) is 8.47. The summed E-state index contributed by atoms with van der Waals surface area (Å²) in [7, 11) is 5.52. The second-order valence-electron chi connectivity index (χ2n) is 6.93. The molecule has 1 aliphatic carbocycles. The number of likely N-dealkylation sites (N-methyl/N-ethyl adjacent to an activating group) is 1. The van der Waals surface area contributed by atoms with Gasteiger partial charge in [-0.3, -0.25) is 4.90 Å². The highest BCUT2D eigenvalue weighted by molar-refractivity contribution is 5.59. The summed E-state index contributed by atoms with van der Waals surface area (Å²) in [6, 6.07) is 4.03. The third kappa shape index (κ3) is 2.40. The Morgan fingerprint density at radius 2 is 1.96 bits per heavy atom. The highest BCUT2D eigenvalue weighted by Gasteiger charge is 2.47. The molecule has 1 heterocycles.